The van der Waals surface area contributed by atoms with Crippen molar-refractivity contribution < 1.29 is 43.1 Å². The number of benzene rings is 4. The van der Waals surface area contributed by atoms with Gasteiger partial charge in [-0.05, 0) is 36.4 Å². The van der Waals surface area contributed by atoms with Crippen molar-refractivity contribution in [2.24, 2.45) is 10.2 Å². The lowest BCUT2D eigenvalue weighted by Crippen LogP contribution is -3.00. The van der Waals surface area contributed by atoms with Crippen LogP contribution in [0.3, 0.4) is 0 Å². The van der Waals surface area contributed by atoms with Crippen LogP contribution in [0.2, 0.25) is 0 Å². The summed E-state index contributed by atoms with van der Waals surface area (Å²) in [6.45, 7) is 1.91. The fraction of sp³-hybridized carbons (Fsp3) is 0.158. The highest BCUT2D eigenvalue weighted by Gasteiger charge is 2.14. The van der Waals surface area contributed by atoms with Gasteiger partial charge in [0.1, 0.15) is 13.1 Å². The van der Waals surface area contributed by atoms with Crippen LogP contribution in [0, 0.1) is 0 Å². The van der Waals surface area contributed by atoms with E-state index >= 15 is 0 Å². The number of unbranched alkanes of at least 4 members (excludes halogenated alkanes) is 1. The average molecular weight is 739 g/mol. The van der Waals surface area contributed by atoms with E-state index in [1.807, 2.05) is 72.9 Å². The Labute approximate surface area is 292 Å². The van der Waals surface area contributed by atoms with E-state index in [1.165, 1.54) is 21.8 Å². The van der Waals surface area contributed by atoms with E-state index in [4.69, 9.17) is 10.2 Å². The number of hydrogen-bond donors (Lipinski definition) is 0. The Kier molecular flexibility index (Phi) is 12.6. The normalized spacial score (nSPS) is 11.1. The molecule has 0 N–H and O–H groups in total. The van der Waals surface area contributed by atoms with Crippen LogP contribution < -0.4 is 53.1 Å². The maximum Gasteiger partial charge on any atom is 0.213 e. The Morgan fingerprint density at radius 1 is 0.500 bits per heavy atom. The third-order valence-corrected chi connectivity index (χ3v) is 7.96. The van der Waals surface area contributed by atoms with E-state index in [9.17, 15) is 0 Å². The molecule has 6 aromatic rings. The molecule has 0 spiro atoms. The van der Waals surface area contributed by atoms with Crippen LogP contribution in [-0.2, 0) is 13.1 Å². The van der Waals surface area contributed by atoms with E-state index in [-0.39, 0.29) is 34.0 Å². The number of aryl methyl sites for hydroxylation is 2. The minimum absolute atomic E-state index is 0. The lowest BCUT2D eigenvalue weighted by Gasteiger charge is -2.12. The minimum atomic E-state index is 0. The van der Waals surface area contributed by atoms with Gasteiger partial charge >= 0.3 is 0 Å². The monoisotopic (exact) mass is 736 g/mol. The molecule has 234 valence electrons. The number of para-hydroxylation sites is 4. The number of anilines is 2. The summed E-state index contributed by atoms with van der Waals surface area (Å²) in [5, 5.41) is 15.6. The molecule has 8 heteroatoms. The summed E-state index contributed by atoms with van der Waals surface area (Å²) >= 11 is 0. The second kappa shape index (κ2) is 16.8. The number of halogens is 2. The third kappa shape index (κ3) is 8.24. The second-order valence-electron chi connectivity index (χ2n) is 10.9. The fourth-order valence-electron chi connectivity index (χ4n) is 5.51. The van der Waals surface area contributed by atoms with Crippen LogP contribution in [0.4, 0.5) is 11.4 Å². The molecule has 2 heterocycles. The first-order valence-corrected chi connectivity index (χ1v) is 15.2. The van der Waals surface area contributed by atoms with E-state index in [1.54, 1.807) is 0 Å². The van der Waals surface area contributed by atoms with Gasteiger partial charge in [-0.1, -0.05) is 60.7 Å². The maximum absolute atomic E-state index is 4.70. The van der Waals surface area contributed by atoms with Crippen LogP contribution in [-0.4, -0.2) is 26.5 Å². The first-order chi connectivity index (χ1) is 21.7. The molecule has 0 saturated heterocycles. The van der Waals surface area contributed by atoms with Gasteiger partial charge in [0.2, 0.25) is 11.0 Å². The maximum atomic E-state index is 4.70. The molecule has 0 fully saturated rings. The van der Waals surface area contributed by atoms with Gasteiger partial charge in [-0.2, -0.15) is 19.3 Å². The number of rotatable bonds is 11. The van der Waals surface area contributed by atoms with E-state index < -0.39 is 0 Å². The van der Waals surface area contributed by atoms with Crippen molar-refractivity contribution in [1.82, 2.24) is 0 Å². The predicted molar refractivity (Wildman–Crippen MR) is 182 cm³/mol. The van der Waals surface area contributed by atoms with Crippen molar-refractivity contribution in [2.45, 2.75) is 25.9 Å². The number of pyridine rings is 2. The van der Waals surface area contributed by atoms with Crippen molar-refractivity contribution in [3.8, 4) is 0 Å². The molecular weight excluding hydrogens is 700 g/mol. The molecule has 6 rings (SSSR count). The number of aromatic nitrogens is 2. The summed E-state index contributed by atoms with van der Waals surface area (Å²) in [7, 11) is 3.95. The Morgan fingerprint density at radius 2 is 0.870 bits per heavy atom. The standard InChI is InChI=1S/C38H38N6.2BrH/c1-41(33-15-5-3-6-16-33)39-29-31-23-27-43(37-21-11-9-19-35(31)37)25-13-14-26-44-28-24-32(36-20-10-12-22-38(36)44)30-40-42(2)34-17-7-4-8-18-34;;/h3-12,15-24,27-30H,13-14,25-26H2,1-2H3;2*1H/q+2;;/p-2. The summed E-state index contributed by atoms with van der Waals surface area (Å²) < 4.78 is 4.72. The average Bonchev–Trinajstić information content (AvgIpc) is 3.09. The molecule has 0 amide bonds. The first-order valence-electron chi connectivity index (χ1n) is 15.2. The zero-order chi connectivity index (χ0) is 30.1. The smallest absolute Gasteiger partial charge is 0.213 e. The van der Waals surface area contributed by atoms with E-state index in [2.05, 4.69) is 106 Å². The molecular formula is C38H38Br2N6. The second-order valence-corrected chi connectivity index (χ2v) is 10.9. The molecule has 0 aliphatic heterocycles. The lowest BCUT2D eigenvalue weighted by atomic mass is 10.1. The molecule has 0 aliphatic carbocycles. The predicted octanol–water partition coefficient (Wildman–Crippen LogP) is 0.997. The van der Waals surface area contributed by atoms with Gasteiger partial charge in [0.05, 0.1) is 34.6 Å². The summed E-state index contributed by atoms with van der Waals surface area (Å²) in [4.78, 5) is 0. The molecule has 6 nitrogen and oxygen atoms in total. The minimum Gasteiger partial charge on any atom is -1.00 e. The zero-order valence-electron chi connectivity index (χ0n) is 26.1. The fourth-order valence-corrected chi connectivity index (χ4v) is 5.51. The first kappa shape index (κ1) is 34.5. The number of hydrazone groups is 2. The van der Waals surface area contributed by atoms with E-state index in [0.717, 1.165) is 48.4 Å². The number of fused-ring (bicyclic) bond motifs is 2. The summed E-state index contributed by atoms with van der Waals surface area (Å²) in [5.74, 6) is 0. The zero-order valence-corrected chi connectivity index (χ0v) is 29.3. The van der Waals surface area contributed by atoms with Crippen molar-refractivity contribution >= 4 is 45.6 Å². The highest BCUT2D eigenvalue weighted by molar-refractivity contribution is 5.97. The van der Waals surface area contributed by atoms with Gasteiger partial charge in [0.25, 0.3) is 0 Å². The van der Waals surface area contributed by atoms with Gasteiger partial charge in [-0.25, -0.2) is 0 Å². The third-order valence-electron chi connectivity index (χ3n) is 7.96. The van der Waals surface area contributed by atoms with Gasteiger partial charge < -0.3 is 34.0 Å². The van der Waals surface area contributed by atoms with Crippen molar-refractivity contribution in [1.29, 1.82) is 0 Å². The lowest BCUT2D eigenvalue weighted by molar-refractivity contribution is -0.683. The molecule has 2 aromatic heterocycles. The van der Waals surface area contributed by atoms with Gasteiger partial charge in [-0.15, -0.1) is 0 Å². The Morgan fingerprint density at radius 3 is 1.28 bits per heavy atom. The molecule has 4 aromatic carbocycles. The molecule has 0 unspecified atom stereocenters. The number of hydrogen-bond acceptors (Lipinski definition) is 4. The highest BCUT2D eigenvalue weighted by atomic mass is 79.9. The van der Waals surface area contributed by atoms with Gasteiger partial charge in [0, 0.05) is 62.3 Å². The summed E-state index contributed by atoms with van der Waals surface area (Å²) in [5.41, 5.74) is 6.79. The largest absolute Gasteiger partial charge is 1.00 e. The van der Waals surface area contributed by atoms with Crippen molar-refractivity contribution in [2.75, 3.05) is 24.1 Å². The summed E-state index contributed by atoms with van der Waals surface area (Å²) in [6, 6.07) is 41.9. The highest BCUT2D eigenvalue weighted by Crippen LogP contribution is 2.17. The number of nitrogens with zero attached hydrogens (tertiary/aromatic N) is 6. The Hall–Kier alpha value is -4.40. The Bertz CT molecular complexity index is 1770. The van der Waals surface area contributed by atoms with Crippen LogP contribution in [0.1, 0.15) is 24.0 Å². The molecule has 0 radical (unpaired) electrons. The van der Waals surface area contributed by atoms with Crippen LogP contribution >= 0.6 is 0 Å². The van der Waals surface area contributed by atoms with Crippen molar-refractivity contribution in [3.05, 3.63) is 145 Å². The molecule has 0 aliphatic rings. The quantitative estimate of drug-likeness (QED) is 0.0863. The van der Waals surface area contributed by atoms with Crippen LogP contribution in [0.15, 0.2) is 144 Å². The summed E-state index contributed by atoms with van der Waals surface area (Å²) in [6.07, 6.45) is 10.4. The molecule has 0 atom stereocenters. The van der Waals surface area contributed by atoms with Crippen LogP contribution in [0.25, 0.3) is 21.8 Å². The van der Waals surface area contributed by atoms with Crippen molar-refractivity contribution in [3.63, 3.8) is 0 Å². The van der Waals surface area contributed by atoms with Gasteiger partial charge in [-0.3, -0.25) is 10.0 Å². The molecule has 0 bridgehead atoms. The Balaban J connectivity index is 0.00000240. The molecule has 46 heavy (non-hydrogen) atoms. The topological polar surface area (TPSA) is 39.0 Å². The SMILES string of the molecule is CN(/N=C/c1cc[n+](CCCC[n+]2ccc(/C=N/N(C)c3ccccc3)c3ccccc32)c2ccccc12)c1ccccc1.[Br-].[Br-]. The van der Waals surface area contributed by atoms with Crippen LogP contribution in [0.5, 0.6) is 0 Å². The van der Waals surface area contributed by atoms with E-state index in [0.29, 0.717) is 0 Å². The molecule has 0 saturated carbocycles. The van der Waals surface area contributed by atoms with Gasteiger partial charge in [0.15, 0.2) is 12.4 Å².